The molecule has 0 amide bonds. The van der Waals surface area contributed by atoms with Crippen molar-refractivity contribution >= 4 is 24.0 Å². The van der Waals surface area contributed by atoms with Crippen molar-refractivity contribution in [2.75, 3.05) is 13.7 Å². The van der Waals surface area contributed by atoms with Crippen molar-refractivity contribution in [3.63, 3.8) is 0 Å². The molecule has 0 radical (unpaired) electrons. The minimum Gasteiger partial charge on any atom is -0.465 e. The van der Waals surface area contributed by atoms with Gasteiger partial charge >= 0.3 is 17.9 Å². The molecule has 0 aromatic heterocycles. The van der Waals surface area contributed by atoms with Crippen molar-refractivity contribution in [2.24, 2.45) is 0 Å². The maximum Gasteiger partial charge on any atom is 0.344 e. The van der Waals surface area contributed by atoms with E-state index in [-0.39, 0.29) is 0 Å². The molecule has 6 heteroatoms. The first-order valence-corrected chi connectivity index (χ1v) is 7.38. The first-order chi connectivity index (χ1) is 11.1. The second kappa shape index (κ2) is 8.29. The highest BCUT2D eigenvalue weighted by atomic mass is 16.6. The highest BCUT2D eigenvalue weighted by molar-refractivity contribution is 5.94. The van der Waals surface area contributed by atoms with Gasteiger partial charge in [0.2, 0.25) is 0 Å². The van der Waals surface area contributed by atoms with Crippen LogP contribution in [0.15, 0.2) is 29.8 Å². The van der Waals surface area contributed by atoms with Gasteiger partial charge in [-0.1, -0.05) is 12.1 Å². The third kappa shape index (κ3) is 6.64. The van der Waals surface area contributed by atoms with Gasteiger partial charge in [-0.05, 0) is 51.5 Å². The van der Waals surface area contributed by atoms with Crippen LogP contribution in [0.5, 0.6) is 0 Å². The second-order valence-electron chi connectivity index (χ2n) is 6.10. The van der Waals surface area contributed by atoms with Crippen molar-refractivity contribution in [1.82, 2.24) is 0 Å². The van der Waals surface area contributed by atoms with Crippen LogP contribution < -0.4 is 0 Å². The van der Waals surface area contributed by atoms with E-state index in [0.29, 0.717) is 11.1 Å². The van der Waals surface area contributed by atoms with E-state index in [2.05, 4.69) is 4.74 Å². The first kappa shape index (κ1) is 19.4. The molecule has 0 aliphatic rings. The largest absolute Gasteiger partial charge is 0.465 e. The average Bonchev–Trinajstić information content (AvgIpc) is 2.50. The van der Waals surface area contributed by atoms with E-state index in [1.807, 2.05) is 0 Å². The summed E-state index contributed by atoms with van der Waals surface area (Å²) in [6.45, 7) is 6.33. The molecule has 0 bridgehead atoms. The molecule has 0 atom stereocenters. The summed E-state index contributed by atoms with van der Waals surface area (Å²) in [5.74, 6) is -1.65. The van der Waals surface area contributed by atoms with Crippen molar-refractivity contribution in [3.05, 3.63) is 41.0 Å². The van der Waals surface area contributed by atoms with E-state index in [1.54, 1.807) is 58.0 Å². The summed E-state index contributed by atoms with van der Waals surface area (Å²) in [6, 6.07) is 6.54. The zero-order chi connectivity index (χ0) is 18.3. The molecule has 0 aliphatic carbocycles. The van der Waals surface area contributed by atoms with Crippen LogP contribution in [0.3, 0.4) is 0 Å². The van der Waals surface area contributed by atoms with Crippen LogP contribution in [0.2, 0.25) is 0 Å². The molecule has 0 aliphatic heterocycles. The number of hydrogen-bond acceptors (Lipinski definition) is 6. The van der Waals surface area contributed by atoms with Crippen LogP contribution in [0.1, 0.15) is 43.6 Å². The third-order valence-electron chi connectivity index (χ3n) is 2.78. The van der Waals surface area contributed by atoms with Crippen molar-refractivity contribution in [1.29, 1.82) is 0 Å². The predicted octanol–water partition coefficient (Wildman–Crippen LogP) is 2.76. The van der Waals surface area contributed by atoms with Crippen LogP contribution in [0.25, 0.3) is 6.08 Å². The number of benzene rings is 1. The minimum atomic E-state index is -0.629. The van der Waals surface area contributed by atoms with Crippen LogP contribution in [0.4, 0.5) is 0 Å². The molecule has 130 valence electrons. The number of hydrogen-bond donors (Lipinski definition) is 0. The summed E-state index contributed by atoms with van der Waals surface area (Å²) in [5, 5.41) is 0. The van der Waals surface area contributed by atoms with Gasteiger partial charge in [0.25, 0.3) is 0 Å². The Morgan fingerprint density at radius 2 is 1.67 bits per heavy atom. The van der Waals surface area contributed by atoms with Crippen molar-refractivity contribution in [3.8, 4) is 0 Å². The molecule has 24 heavy (non-hydrogen) atoms. The lowest BCUT2D eigenvalue weighted by Crippen LogP contribution is -2.27. The summed E-state index contributed by atoms with van der Waals surface area (Å²) < 4.78 is 14.6. The van der Waals surface area contributed by atoms with Crippen LogP contribution in [-0.4, -0.2) is 37.2 Å². The topological polar surface area (TPSA) is 78.9 Å². The second-order valence-corrected chi connectivity index (χ2v) is 6.10. The van der Waals surface area contributed by atoms with E-state index in [4.69, 9.17) is 9.47 Å². The number of carbonyl (C=O) groups is 3. The van der Waals surface area contributed by atoms with Gasteiger partial charge in [-0.15, -0.1) is 0 Å². The Kier molecular flexibility index (Phi) is 6.70. The van der Waals surface area contributed by atoms with Gasteiger partial charge in [-0.2, -0.15) is 0 Å². The van der Waals surface area contributed by atoms with Gasteiger partial charge in [0, 0.05) is 5.57 Å². The highest BCUT2D eigenvalue weighted by Crippen LogP contribution is 2.11. The van der Waals surface area contributed by atoms with Gasteiger partial charge in [0.1, 0.15) is 5.60 Å². The van der Waals surface area contributed by atoms with Gasteiger partial charge in [-0.3, -0.25) is 0 Å². The SMILES string of the molecule is COC(=O)c1ccc(/C=C(\C)C(=O)OCC(=O)OC(C)(C)C)cc1. The van der Waals surface area contributed by atoms with Gasteiger partial charge in [0.05, 0.1) is 12.7 Å². The number of carbonyl (C=O) groups excluding carboxylic acids is 3. The van der Waals surface area contributed by atoms with E-state index < -0.39 is 30.1 Å². The van der Waals surface area contributed by atoms with Gasteiger partial charge in [-0.25, -0.2) is 14.4 Å². The van der Waals surface area contributed by atoms with E-state index in [1.165, 1.54) is 7.11 Å². The molecule has 6 nitrogen and oxygen atoms in total. The lowest BCUT2D eigenvalue weighted by Gasteiger charge is -2.19. The molecular weight excluding hydrogens is 312 g/mol. The quantitative estimate of drug-likeness (QED) is 0.468. The highest BCUT2D eigenvalue weighted by Gasteiger charge is 2.18. The van der Waals surface area contributed by atoms with Crippen molar-refractivity contribution in [2.45, 2.75) is 33.3 Å². The summed E-state index contributed by atoms with van der Waals surface area (Å²) >= 11 is 0. The average molecular weight is 334 g/mol. The summed E-state index contributed by atoms with van der Waals surface area (Å²) in [5.41, 5.74) is 0.828. The smallest absolute Gasteiger partial charge is 0.344 e. The maximum atomic E-state index is 11.9. The number of esters is 3. The molecular formula is C18H22O6. The van der Waals surface area contributed by atoms with Crippen LogP contribution in [0, 0.1) is 0 Å². The molecule has 0 fully saturated rings. The van der Waals surface area contributed by atoms with E-state index >= 15 is 0 Å². The normalized spacial score (nSPS) is 11.6. The zero-order valence-electron chi connectivity index (χ0n) is 14.5. The summed E-state index contributed by atoms with van der Waals surface area (Å²) in [7, 11) is 1.31. The fourth-order valence-electron chi connectivity index (χ4n) is 1.75. The predicted molar refractivity (Wildman–Crippen MR) is 88.2 cm³/mol. The zero-order valence-corrected chi connectivity index (χ0v) is 14.5. The first-order valence-electron chi connectivity index (χ1n) is 7.38. The number of ether oxygens (including phenoxy) is 3. The van der Waals surface area contributed by atoms with Crippen molar-refractivity contribution < 1.29 is 28.6 Å². The molecule has 1 aromatic rings. The fraction of sp³-hybridized carbons (Fsp3) is 0.389. The maximum absolute atomic E-state index is 11.9. The van der Waals surface area contributed by atoms with Crippen LogP contribution in [-0.2, 0) is 23.8 Å². The molecule has 1 rings (SSSR count). The Hall–Kier alpha value is -2.63. The molecule has 1 aromatic carbocycles. The fourth-order valence-corrected chi connectivity index (χ4v) is 1.75. The van der Waals surface area contributed by atoms with Crippen LogP contribution >= 0.6 is 0 Å². The standard InChI is InChI=1S/C18H22O6/c1-12(16(20)23-11-15(19)24-18(2,3)4)10-13-6-8-14(9-7-13)17(21)22-5/h6-10H,11H2,1-5H3/b12-10+. The molecule has 0 N–H and O–H groups in total. The van der Waals surface area contributed by atoms with E-state index in [9.17, 15) is 14.4 Å². The lowest BCUT2D eigenvalue weighted by atomic mass is 10.1. The Morgan fingerprint density at radius 3 is 2.17 bits per heavy atom. The summed E-state index contributed by atoms with van der Waals surface area (Å²) in [6.07, 6.45) is 1.60. The van der Waals surface area contributed by atoms with E-state index in [0.717, 1.165) is 5.56 Å². The monoisotopic (exact) mass is 334 g/mol. The van der Waals surface area contributed by atoms with Gasteiger partial charge < -0.3 is 14.2 Å². The minimum absolute atomic E-state index is 0.323. The molecule has 0 spiro atoms. The number of rotatable bonds is 5. The Bertz CT molecular complexity index is 634. The Balaban J connectivity index is 2.63. The Labute approximate surface area is 141 Å². The Morgan fingerprint density at radius 1 is 1.08 bits per heavy atom. The molecule has 0 saturated heterocycles. The summed E-state index contributed by atoms with van der Waals surface area (Å²) in [4.78, 5) is 34.7. The molecule has 0 heterocycles. The lowest BCUT2D eigenvalue weighted by molar-refractivity contribution is -0.165. The van der Waals surface area contributed by atoms with Gasteiger partial charge in [0.15, 0.2) is 6.61 Å². The molecule has 0 unspecified atom stereocenters. The molecule has 0 saturated carbocycles. The third-order valence-corrected chi connectivity index (χ3v) is 2.78. The number of methoxy groups -OCH3 is 1.